The van der Waals surface area contributed by atoms with Gasteiger partial charge in [0.15, 0.2) is 0 Å². The van der Waals surface area contributed by atoms with E-state index in [1.165, 1.54) is 19.2 Å². The molecule has 0 aliphatic carbocycles. The Bertz CT molecular complexity index is 715. The largest absolute Gasteiger partial charge is 0.495 e. The standard InChI is InChI=1S/C17H27N3O5S/c1-13(2)19-26(22,23)16-12-14(4-5-15(16)24-3)17(21)18-6-7-20-8-10-25-11-9-20/h4-5,12-13,19H,6-11H2,1-3H3,(H,18,21). The lowest BCUT2D eigenvalue weighted by atomic mass is 10.2. The molecule has 0 saturated carbocycles. The van der Waals surface area contributed by atoms with Gasteiger partial charge in [0, 0.05) is 37.8 Å². The van der Waals surface area contributed by atoms with Crippen LogP contribution >= 0.6 is 0 Å². The van der Waals surface area contributed by atoms with Crippen molar-refractivity contribution in [2.75, 3.05) is 46.5 Å². The van der Waals surface area contributed by atoms with Crippen molar-refractivity contribution in [3.05, 3.63) is 23.8 Å². The molecule has 2 rings (SSSR count). The monoisotopic (exact) mass is 385 g/mol. The molecule has 1 aliphatic rings. The second-order valence-corrected chi connectivity index (χ2v) is 8.03. The summed E-state index contributed by atoms with van der Waals surface area (Å²) in [4.78, 5) is 14.5. The third-order valence-corrected chi connectivity index (χ3v) is 5.60. The first-order valence-corrected chi connectivity index (χ1v) is 10.1. The molecule has 0 spiro atoms. The van der Waals surface area contributed by atoms with Gasteiger partial charge in [-0.1, -0.05) is 0 Å². The average Bonchev–Trinajstić information content (AvgIpc) is 2.61. The quantitative estimate of drug-likeness (QED) is 0.674. The van der Waals surface area contributed by atoms with Crippen LogP contribution in [0.25, 0.3) is 0 Å². The number of morpholine rings is 1. The van der Waals surface area contributed by atoms with Crippen molar-refractivity contribution in [2.45, 2.75) is 24.8 Å². The number of hydrogen-bond acceptors (Lipinski definition) is 6. The maximum atomic E-state index is 12.5. The van der Waals surface area contributed by atoms with Crippen molar-refractivity contribution < 1.29 is 22.7 Å². The van der Waals surface area contributed by atoms with Gasteiger partial charge >= 0.3 is 0 Å². The zero-order valence-corrected chi connectivity index (χ0v) is 16.3. The number of nitrogens with one attached hydrogen (secondary N) is 2. The van der Waals surface area contributed by atoms with Crippen LogP contribution in [0.4, 0.5) is 0 Å². The fraction of sp³-hybridized carbons (Fsp3) is 0.588. The number of carbonyl (C=O) groups excluding carboxylic acids is 1. The lowest BCUT2D eigenvalue weighted by Crippen LogP contribution is -2.41. The van der Waals surface area contributed by atoms with E-state index in [1.807, 2.05) is 0 Å². The molecule has 0 atom stereocenters. The Kier molecular flexibility index (Phi) is 7.39. The van der Waals surface area contributed by atoms with Gasteiger partial charge < -0.3 is 14.8 Å². The molecule has 1 aromatic carbocycles. The number of nitrogens with zero attached hydrogens (tertiary/aromatic N) is 1. The zero-order valence-electron chi connectivity index (χ0n) is 15.4. The molecule has 1 aromatic rings. The summed E-state index contributed by atoms with van der Waals surface area (Å²) in [5.74, 6) is -0.120. The second-order valence-electron chi connectivity index (χ2n) is 6.35. The van der Waals surface area contributed by atoms with Gasteiger partial charge in [-0.2, -0.15) is 0 Å². The van der Waals surface area contributed by atoms with E-state index >= 15 is 0 Å². The van der Waals surface area contributed by atoms with Gasteiger partial charge in [0.2, 0.25) is 10.0 Å². The molecule has 1 heterocycles. The smallest absolute Gasteiger partial charge is 0.251 e. The van der Waals surface area contributed by atoms with E-state index in [9.17, 15) is 13.2 Å². The van der Waals surface area contributed by atoms with Crippen LogP contribution in [0.15, 0.2) is 23.1 Å². The molecular weight excluding hydrogens is 358 g/mol. The van der Waals surface area contributed by atoms with Crippen LogP contribution in [0.1, 0.15) is 24.2 Å². The highest BCUT2D eigenvalue weighted by atomic mass is 32.2. The molecule has 146 valence electrons. The molecule has 0 aromatic heterocycles. The Labute approximate surface area is 154 Å². The van der Waals surface area contributed by atoms with Crippen molar-refractivity contribution in [3.63, 3.8) is 0 Å². The number of rotatable bonds is 8. The highest BCUT2D eigenvalue weighted by molar-refractivity contribution is 7.89. The van der Waals surface area contributed by atoms with E-state index in [0.717, 1.165) is 19.6 Å². The molecular formula is C17H27N3O5S. The van der Waals surface area contributed by atoms with Crippen molar-refractivity contribution >= 4 is 15.9 Å². The minimum atomic E-state index is -3.77. The molecule has 9 heteroatoms. The Morgan fingerprint density at radius 1 is 1.31 bits per heavy atom. The SMILES string of the molecule is COc1ccc(C(=O)NCCN2CCOCC2)cc1S(=O)(=O)NC(C)C. The lowest BCUT2D eigenvalue weighted by Gasteiger charge is -2.26. The Morgan fingerprint density at radius 2 is 2.00 bits per heavy atom. The topological polar surface area (TPSA) is 97.0 Å². The molecule has 8 nitrogen and oxygen atoms in total. The fourth-order valence-corrected chi connectivity index (χ4v) is 4.10. The summed E-state index contributed by atoms with van der Waals surface area (Å²) in [6, 6.07) is 4.12. The first-order chi connectivity index (χ1) is 12.3. The van der Waals surface area contributed by atoms with Crippen LogP contribution in [0.2, 0.25) is 0 Å². The number of methoxy groups -OCH3 is 1. The van der Waals surface area contributed by atoms with Gasteiger partial charge in [-0.25, -0.2) is 13.1 Å². The summed E-state index contributed by atoms with van der Waals surface area (Å²) >= 11 is 0. The first kappa shape index (κ1) is 20.6. The maximum Gasteiger partial charge on any atom is 0.251 e. The Morgan fingerprint density at radius 3 is 2.62 bits per heavy atom. The van der Waals surface area contributed by atoms with Gasteiger partial charge in [0.05, 0.1) is 20.3 Å². The van der Waals surface area contributed by atoms with E-state index in [-0.39, 0.29) is 28.2 Å². The van der Waals surface area contributed by atoms with Crippen molar-refractivity contribution in [2.24, 2.45) is 0 Å². The van der Waals surface area contributed by atoms with Crippen LogP contribution in [-0.4, -0.2) is 71.8 Å². The van der Waals surface area contributed by atoms with E-state index in [0.29, 0.717) is 19.8 Å². The molecule has 2 N–H and O–H groups in total. The molecule has 0 bridgehead atoms. The van der Waals surface area contributed by atoms with Crippen molar-refractivity contribution in [1.82, 2.24) is 14.9 Å². The third-order valence-electron chi connectivity index (χ3n) is 3.92. The summed E-state index contributed by atoms with van der Waals surface area (Å²) < 4.78 is 37.9. The normalized spacial score (nSPS) is 15.8. The average molecular weight is 385 g/mol. The molecule has 1 saturated heterocycles. The molecule has 1 amide bonds. The Balaban J connectivity index is 2.06. The highest BCUT2D eigenvalue weighted by Crippen LogP contribution is 2.25. The van der Waals surface area contributed by atoms with Gasteiger partial charge in [-0.3, -0.25) is 9.69 Å². The van der Waals surface area contributed by atoms with Crippen LogP contribution in [0.5, 0.6) is 5.75 Å². The summed E-state index contributed by atoms with van der Waals surface area (Å²) in [7, 11) is -2.38. The van der Waals surface area contributed by atoms with Crippen molar-refractivity contribution in [3.8, 4) is 5.75 Å². The lowest BCUT2D eigenvalue weighted by molar-refractivity contribution is 0.0383. The summed E-state index contributed by atoms with van der Waals surface area (Å²) in [6.45, 7) is 7.78. The Hall–Kier alpha value is -1.68. The summed E-state index contributed by atoms with van der Waals surface area (Å²) in [5, 5.41) is 2.83. The van der Waals surface area contributed by atoms with Gasteiger partial charge in [0.1, 0.15) is 10.6 Å². The van der Waals surface area contributed by atoms with E-state index in [4.69, 9.17) is 9.47 Å². The zero-order chi connectivity index (χ0) is 19.2. The molecule has 0 unspecified atom stereocenters. The van der Waals surface area contributed by atoms with Crippen LogP contribution in [0, 0.1) is 0 Å². The molecule has 1 fully saturated rings. The van der Waals surface area contributed by atoms with Crippen molar-refractivity contribution in [1.29, 1.82) is 0 Å². The minimum absolute atomic E-state index is 0.0467. The number of amides is 1. The second kappa shape index (κ2) is 9.31. The number of hydrogen-bond donors (Lipinski definition) is 2. The van der Waals surface area contributed by atoms with E-state index in [1.54, 1.807) is 19.9 Å². The molecule has 26 heavy (non-hydrogen) atoms. The maximum absolute atomic E-state index is 12.5. The van der Waals surface area contributed by atoms with Gasteiger partial charge in [-0.05, 0) is 32.0 Å². The number of sulfonamides is 1. The first-order valence-electron chi connectivity index (χ1n) is 8.62. The van der Waals surface area contributed by atoms with E-state index < -0.39 is 10.0 Å². The van der Waals surface area contributed by atoms with Crippen LogP contribution < -0.4 is 14.8 Å². The predicted molar refractivity (Wildman–Crippen MR) is 98.0 cm³/mol. The van der Waals surface area contributed by atoms with Gasteiger partial charge in [0.25, 0.3) is 5.91 Å². The highest BCUT2D eigenvalue weighted by Gasteiger charge is 2.22. The number of benzene rings is 1. The third kappa shape index (κ3) is 5.66. The predicted octanol–water partition coefficient (Wildman–Crippen LogP) is 0.444. The summed E-state index contributed by atoms with van der Waals surface area (Å²) in [6.07, 6.45) is 0. The molecule has 1 aliphatic heterocycles. The summed E-state index contributed by atoms with van der Waals surface area (Å²) in [5.41, 5.74) is 0.275. The minimum Gasteiger partial charge on any atom is -0.495 e. The van der Waals surface area contributed by atoms with Gasteiger partial charge in [-0.15, -0.1) is 0 Å². The van der Waals surface area contributed by atoms with Crippen LogP contribution in [0.3, 0.4) is 0 Å². The fourth-order valence-electron chi connectivity index (χ4n) is 2.66. The van der Waals surface area contributed by atoms with E-state index in [2.05, 4.69) is 14.9 Å². The number of carbonyl (C=O) groups is 1. The van der Waals surface area contributed by atoms with Crippen LogP contribution in [-0.2, 0) is 14.8 Å². The molecule has 0 radical (unpaired) electrons. The number of ether oxygens (including phenoxy) is 2.